The highest BCUT2D eigenvalue weighted by molar-refractivity contribution is 6.13. The lowest BCUT2D eigenvalue weighted by atomic mass is 9.93. The number of fused-ring (bicyclic) bond motifs is 6. The molecule has 0 spiro atoms. The van der Waals surface area contributed by atoms with Gasteiger partial charge in [0.2, 0.25) is 0 Å². The first-order valence-corrected chi connectivity index (χ1v) is 19.9. The molecule has 0 aliphatic heterocycles. The predicted molar refractivity (Wildman–Crippen MR) is 242 cm³/mol. The molecule has 10 aromatic rings. The summed E-state index contributed by atoms with van der Waals surface area (Å²) in [7, 11) is 0. The van der Waals surface area contributed by atoms with Gasteiger partial charge in [-0.1, -0.05) is 90.0 Å². The number of nitrogens with zero attached hydrogens (tertiary/aromatic N) is 4. The normalized spacial score (nSPS) is 11.6. The number of aryl methyl sites for hydroxylation is 6. The van der Waals surface area contributed by atoms with Crippen molar-refractivity contribution in [3.05, 3.63) is 185 Å². The van der Waals surface area contributed by atoms with Crippen LogP contribution in [0.5, 0.6) is 0 Å². The van der Waals surface area contributed by atoms with Crippen molar-refractivity contribution in [2.75, 3.05) is 0 Å². The Hall–Kier alpha value is -7.22. The van der Waals surface area contributed by atoms with Crippen LogP contribution in [0.15, 0.2) is 146 Å². The Morgan fingerprint density at radius 3 is 1.43 bits per heavy atom. The van der Waals surface area contributed by atoms with Crippen molar-refractivity contribution in [3.63, 3.8) is 0 Å². The van der Waals surface area contributed by atoms with Crippen LogP contribution in [0.25, 0.3) is 88.4 Å². The molecule has 278 valence electrons. The zero-order valence-corrected chi connectivity index (χ0v) is 33.6. The Kier molecular flexibility index (Phi) is 8.18. The molecule has 3 heterocycles. The lowest BCUT2D eigenvalue weighted by molar-refractivity contribution is 1.13. The number of benzene rings is 7. The van der Waals surface area contributed by atoms with Crippen molar-refractivity contribution >= 4 is 43.6 Å². The molecule has 0 radical (unpaired) electrons. The zero-order valence-electron chi connectivity index (χ0n) is 33.6. The molecule has 4 nitrogen and oxygen atoms in total. The van der Waals surface area contributed by atoms with Crippen LogP contribution >= 0.6 is 0 Å². The summed E-state index contributed by atoms with van der Waals surface area (Å²) in [5.41, 5.74) is 21.6. The van der Waals surface area contributed by atoms with Crippen molar-refractivity contribution < 1.29 is 0 Å². The van der Waals surface area contributed by atoms with Crippen LogP contribution in [0.2, 0.25) is 0 Å². The number of hydrogen-bond acceptors (Lipinski definition) is 2. The fourth-order valence-electron chi connectivity index (χ4n) is 9.85. The van der Waals surface area contributed by atoms with Gasteiger partial charge in [-0.05, 0) is 141 Å². The molecule has 0 atom stereocenters. The molecule has 0 aliphatic rings. The van der Waals surface area contributed by atoms with Crippen molar-refractivity contribution in [3.8, 4) is 50.8 Å². The van der Waals surface area contributed by atoms with Crippen LogP contribution < -0.4 is 0 Å². The van der Waals surface area contributed by atoms with E-state index in [-0.39, 0.29) is 0 Å². The second-order valence-corrected chi connectivity index (χ2v) is 16.0. The lowest BCUT2D eigenvalue weighted by Gasteiger charge is -2.18. The van der Waals surface area contributed by atoms with E-state index in [4.69, 9.17) is 4.98 Å². The van der Waals surface area contributed by atoms with Gasteiger partial charge in [-0.15, -0.1) is 0 Å². The zero-order chi connectivity index (χ0) is 39.8. The van der Waals surface area contributed by atoms with Gasteiger partial charge in [-0.3, -0.25) is 4.98 Å². The van der Waals surface area contributed by atoms with Gasteiger partial charge in [0.1, 0.15) is 0 Å². The summed E-state index contributed by atoms with van der Waals surface area (Å²) in [5, 5.41) is 15.0. The molecule has 0 N–H and O–H groups in total. The van der Waals surface area contributed by atoms with Crippen molar-refractivity contribution in [2.24, 2.45) is 0 Å². The topological polar surface area (TPSA) is 46.5 Å². The highest BCUT2D eigenvalue weighted by Crippen LogP contribution is 2.43. The van der Waals surface area contributed by atoms with E-state index in [9.17, 15) is 5.26 Å². The molecule has 0 aliphatic carbocycles. The molecule has 58 heavy (non-hydrogen) atoms. The number of hydrogen-bond donors (Lipinski definition) is 0. The predicted octanol–water partition coefficient (Wildman–Crippen LogP) is 14.0. The minimum atomic E-state index is 0.605. The Balaban J connectivity index is 1.22. The third-order valence-corrected chi connectivity index (χ3v) is 12.0. The second-order valence-electron chi connectivity index (χ2n) is 16.0. The van der Waals surface area contributed by atoms with Crippen LogP contribution in [0.1, 0.15) is 38.9 Å². The minimum absolute atomic E-state index is 0.605. The van der Waals surface area contributed by atoms with E-state index >= 15 is 0 Å². The summed E-state index contributed by atoms with van der Waals surface area (Å²) in [6, 6.07) is 50.7. The summed E-state index contributed by atoms with van der Waals surface area (Å²) in [4.78, 5) is 4.74. The lowest BCUT2D eigenvalue weighted by Crippen LogP contribution is -2.02. The van der Waals surface area contributed by atoms with Crippen molar-refractivity contribution in [1.82, 2.24) is 14.1 Å². The van der Waals surface area contributed by atoms with Gasteiger partial charge >= 0.3 is 0 Å². The van der Waals surface area contributed by atoms with Crippen molar-refractivity contribution in [1.29, 1.82) is 5.26 Å². The number of rotatable bonds is 5. The number of aromatic nitrogens is 3. The summed E-state index contributed by atoms with van der Waals surface area (Å²) in [5.74, 6) is 0. The maximum atomic E-state index is 10.3. The third-order valence-electron chi connectivity index (χ3n) is 12.0. The third kappa shape index (κ3) is 5.46. The average molecular weight is 747 g/mol. The summed E-state index contributed by atoms with van der Waals surface area (Å²) in [6.45, 7) is 13.2. The van der Waals surface area contributed by atoms with Crippen molar-refractivity contribution in [2.45, 2.75) is 41.5 Å². The number of pyridine rings is 1. The molecule has 0 saturated heterocycles. The first-order chi connectivity index (χ1) is 28.2. The maximum absolute atomic E-state index is 10.3. The van der Waals surface area contributed by atoms with E-state index in [2.05, 4.69) is 178 Å². The molecule has 7 aromatic carbocycles. The second kappa shape index (κ2) is 13.5. The van der Waals surface area contributed by atoms with Gasteiger partial charge in [0, 0.05) is 38.9 Å². The monoisotopic (exact) mass is 746 g/mol. The van der Waals surface area contributed by atoms with Crippen LogP contribution in [0.3, 0.4) is 0 Å². The Labute approximate surface area is 338 Å². The molecule has 0 bridgehead atoms. The van der Waals surface area contributed by atoms with Crippen LogP contribution in [-0.2, 0) is 0 Å². The van der Waals surface area contributed by atoms with Gasteiger partial charge in [0.05, 0.1) is 51.3 Å². The van der Waals surface area contributed by atoms with Gasteiger partial charge in [0.15, 0.2) is 0 Å². The highest BCUT2D eigenvalue weighted by Gasteiger charge is 2.22. The van der Waals surface area contributed by atoms with E-state index in [1.807, 2.05) is 24.5 Å². The average Bonchev–Trinajstić information content (AvgIpc) is 3.72. The van der Waals surface area contributed by atoms with Crippen LogP contribution in [-0.4, -0.2) is 14.1 Å². The molecule has 0 saturated carbocycles. The SMILES string of the molecule is Cc1cc(C)c(-c2ccc3c(c2)c2ccccc2n3-c2cnccc2-c2ccc(C#N)cc2-n2c3ccccc3c3cc(-c4c(C)cc(C)cc4C)ccc32)c(C)c1. The quantitative estimate of drug-likeness (QED) is 0.176. The first-order valence-electron chi connectivity index (χ1n) is 19.9. The van der Waals surface area contributed by atoms with Gasteiger partial charge in [-0.25, -0.2) is 0 Å². The Morgan fingerprint density at radius 1 is 0.448 bits per heavy atom. The number of nitriles is 1. The summed E-state index contributed by atoms with van der Waals surface area (Å²) >= 11 is 0. The number of para-hydroxylation sites is 2. The molecule has 0 fully saturated rings. The van der Waals surface area contributed by atoms with E-state index in [1.54, 1.807) is 0 Å². The standard InChI is InChI=1S/C54H42N4/c1-32-23-34(3)53(35(4)24-32)39-16-19-49-45(28-39)41-11-7-9-13-47(41)57(49)51-27-38(30-55)15-18-43(51)44-21-22-56-31-52(44)58-48-14-10-8-12-42(48)46-29-40(17-20-50(46)58)54-36(5)25-33(2)26-37(54)6/h7-29,31H,1-6H3. The molecule has 4 heteroatoms. The fourth-order valence-corrected chi connectivity index (χ4v) is 9.85. The van der Waals surface area contributed by atoms with E-state index in [0.717, 1.165) is 44.6 Å². The Morgan fingerprint density at radius 2 is 0.914 bits per heavy atom. The van der Waals surface area contributed by atoms with Crippen LogP contribution in [0.4, 0.5) is 0 Å². The van der Waals surface area contributed by atoms with E-state index in [1.165, 1.54) is 77.2 Å². The van der Waals surface area contributed by atoms with Gasteiger partial charge in [-0.2, -0.15) is 5.26 Å². The van der Waals surface area contributed by atoms with Crippen LogP contribution in [0, 0.1) is 52.9 Å². The molecule has 0 unspecified atom stereocenters. The largest absolute Gasteiger partial charge is 0.309 e. The molecule has 3 aromatic heterocycles. The first kappa shape index (κ1) is 35.2. The maximum Gasteiger partial charge on any atom is 0.0992 e. The molecule has 0 amide bonds. The highest BCUT2D eigenvalue weighted by atomic mass is 15.0. The summed E-state index contributed by atoms with van der Waals surface area (Å²) in [6.07, 6.45) is 3.86. The van der Waals surface area contributed by atoms with Gasteiger partial charge in [0.25, 0.3) is 0 Å². The van der Waals surface area contributed by atoms with Gasteiger partial charge < -0.3 is 9.13 Å². The smallest absolute Gasteiger partial charge is 0.0992 e. The minimum Gasteiger partial charge on any atom is -0.309 e. The molecular formula is C54H42N4. The summed E-state index contributed by atoms with van der Waals surface area (Å²) < 4.78 is 4.70. The van der Waals surface area contributed by atoms with E-state index in [0.29, 0.717) is 5.56 Å². The Bertz CT molecular complexity index is 3320. The fraction of sp³-hybridized carbons (Fsp3) is 0.111. The van der Waals surface area contributed by atoms with E-state index < -0.39 is 0 Å². The molecular weight excluding hydrogens is 705 g/mol. The molecule has 10 rings (SSSR count).